The Morgan fingerprint density at radius 1 is 0.593 bits per heavy atom. The van der Waals surface area contributed by atoms with E-state index in [0.717, 1.165) is 57.8 Å². The van der Waals surface area contributed by atoms with Crippen molar-refractivity contribution in [2.45, 2.75) is 134 Å². The molecule has 4 nitrogen and oxygen atoms in total. The second-order valence-corrected chi connectivity index (χ2v) is 9.79. The van der Waals surface area contributed by atoms with Gasteiger partial charge in [0, 0.05) is 6.61 Å². The van der Waals surface area contributed by atoms with Crippen LogP contribution >= 0.6 is 0 Å². The molecule has 0 aliphatic carbocycles. The summed E-state index contributed by atoms with van der Waals surface area (Å²) in [5.74, 6) is 0. The van der Waals surface area contributed by atoms with Gasteiger partial charge in [-0.1, -0.05) is 110 Å². The molecule has 0 spiro atoms. The number of unbranched alkanes of at least 4 members (excludes halogenated alkanes) is 15. The van der Waals surface area contributed by atoms with Gasteiger partial charge in [-0.15, -0.1) is 0 Å². The average molecular weight is 407 g/mol. The van der Waals surface area contributed by atoms with Crippen LogP contribution in [0.25, 0.3) is 0 Å². The van der Waals surface area contributed by atoms with Gasteiger partial charge in [0.1, 0.15) is 0 Å². The van der Waals surface area contributed by atoms with Crippen LogP contribution in [0, 0.1) is 0 Å². The van der Waals surface area contributed by atoms with Gasteiger partial charge in [-0.3, -0.25) is 4.55 Å². The summed E-state index contributed by atoms with van der Waals surface area (Å²) in [5.41, 5.74) is 0. The molecule has 0 saturated carbocycles. The summed E-state index contributed by atoms with van der Waals surface area (Å²) in [4.78, 5) is 0. The molecule has 0 radical (unpaired) electrons. The Labute approximate surface area is 169 Å². The zero-order chi connectivity index (χ0) is 20.2. The van der Waals surface area contributed by atoms with E-state index in [2.05, 4.69) is 6.92 Å². The maximum absolute atomic E-state index is 11.6. The topological polar surface area (TPSA) is 74.6 Å². The van der Waals surface area contributed by atoms with E-state index in [1.54, 1.807) is 0 Å². The molecule has 0 saturated heterocycles. The van der Waals surface area contributed by atoms with Gasteiger partial charge >= 0.3 is 0 Å². The molecule has 0 amide bonds. The lowest BCUT2D eigenvalue weighted by atomic mass is 10.0. The molecule has 0 fully saturated rings. The zero-order valence-corrected chi connectivity index (χ0v) is 18.7. The highest BCUT2D eigenvalue weighted by Gasteiger charge is 2.21. The van der Waals surface area contributed by atoms with Crippen molar-refractivity contribution >= 4 is 10.1 Å². The summed E-state index contributed by atoms with van der Waals surface area (Å²) in [5, 5.41) is 8.17. The van der Waals surface area contributed by atoms with Crippen LogP contribution in [0.15, 0.2) is 0 Å². The first-order valence-electron chi connectivity index (χ1n) is 11.6. The number of rotatable bonds is 21. The molecule has 5 heteroatoms. The Morgan fingerprint density at radius 3 is 1.26 bits per heavy atom. The maximum Gasteiger partial charge on any atom is 0.267 e. The Kier molecular flexibility index (Phi) is 19.1. The first kappa shape index (κ1) is 26.9. The minimum Gasteiger partial charge on any atom is -0.396 e. The third-order valence-corrected chi connectivity index (χ3v) is 6.80. The van der Waals surface area contributed by atoms with Crippen molar-refractivity contribution in [3.8, 4) is 0 Å². The van der Waals surface area contributed by atoms with Crippen LogP contribution in [-0.4, -0.2) is 29.9 Å². The fourth-order valence-corrected chi connectivity index (χ4v) is 4.60. The van der Waals surface area contributed by atoms with Crippen LogP contribution in [0.4, 0.5) is 0 Å². The minimum atomic E-state index is -3.91. The van der Waals surface area contributed by atoms with Crippen molar-refractivity contribution in [2.24, 2.45) is 0 Å². The fourth-order valence-electron chi connectivity index (χ4n) is 3.67. The van der Waals surface area contributed by atoms with Gasteiger partial charge in [0.05, 0.1) is 5.25 Å². The molecular weight excluding hydrogens is 360 g/mol. The molecule has 164 valence electrons. The SMILES string of the molecule is CCCCCCCCCCCCC(CCCCCCCCCO)S(=O)(=O)O. The van der Waals surface area contributed by atoms with Gasteiger partial charge in [0.15, 0.2) is 0 Å². The number of hydrogen-bond acceptors (Lipinski definition) is 3. The van der Waals surface area contributed by atoms with E-state index in [1.807, 2.05) is 0 Å². The molecule has 1 atom stereocenters. The molecule has 0 heterocycles. The summed E-state index contributed by atoms with van der Waals surface area (Å²) < 4.78 is 32.7. The highest BCUT2D eigenvalue weighted by molar-refractivity contribution is 7.86. The van der Waals surface area contributed by atoms with Gasteiger partial charge in [-0.25, -0.2) is 0 Å². The van der Waals surface area contributed by atoms with Gasteiger partial charge in [-0.05, 0) is 19.3 Å². The molecule has 0 bridgehead atoms. The molecule has 2 N–H and O–H groups in total. The molecule has 0 aliphatic rings. The van der Waals surface area contributed by atoms with Gasteiger partial charge in [0.25, 0.3) is 10.1 Å². The molecule has 0 aliphatic heterocycles. The summed E-state index contributed by atoms with van der Waals surface area (Å²) in [6, 6.07) is 0. The van der Waals surface area contributed by atoms with Gasteiger partial charge < -0.3 is 5.11 Å². The van der Waals surface area contributed by atoms with Crippen molar-refractivity contribution in [2.75, 3.05) is 6.61 Å². The number of aliphatic hydroxyl groups is 1. The van der Waals surface area contributed by atoms with E-state index in [0.29, 0.717) is 12.8 Å². The monoisotopic (exact) mass is 406 g/mol. The molecule has 0 aromatic heterocycles. The molecule has 0 aromatic carbocycles. The lowest BCUT2D eigenvalue weighted by Gasteiger charge is -2.13. The van der Waals surface area contributed by atoms with E-state index in [9.17, 15) is 13.0 Å². The number of aliphatic hydroxyl groups excluding tert-OH is 1. The van der Waals surface area contributed by atoms with Crippen LogP contribution in [0.5, 0.6) is 0 Å². The fraction of sp³-hybridized carbons (Fsp3) is 1.00. The highest BCUT2D eigenvalue weighted by atomic mass is 32.2. The van der Waals surface area contributed by atoms with Crippen molar-refractivity contribution in [3.05, 3.63) is 0 Å². The van der Waals surface area contributed by atoms with Gasteiger partial charge in [0.2, 0.25) is 0 Å². The van der Waals surface area contributed by atoms with Crippen molar-refractivity contribution in [1.29, 1.82) is 0 Å². The van der Waals surface area contributed by atoms with E-state index < -0.39 is 15.4 Å². The Bertz CT molecular complexity index is 395. The highest BCUT2D eigenvalue weighted by Crippen LogP contribution is 2.19. The molecule has 1 unspecified atom stereocenters. The lowest BCUT2D eigenvalue weighted by Crippen LogP contribution is -2.20. The molecular formula is C22H46O4S. The standard InChI is InChI=1S/C22H46O4S/c1-2-3-4-5-6-7-8-10-13-16-19-22(27(24,25)26)20-17-14-11-9-12-15-18-21-23/h22-23H,2-21H2,1H3,(H,24,25,26). The smallest absolute Gasteiger partial charge is 0.267 e. The summed E-state index contributed by atoms with van der Waals surface area (Å²) in [7, 11) is -3.91. The van der Waals surface area contributed by atoms with E-state index >= 15 is 0 Å². The maximum atomic E-state index is 11.6. The Morgan fingerprint density at radius 2 is 0.926 bits per heavy atom. The molecule has 0 aromatic rings. The van der Waals surface area contributed by atoms with E-state index in [4.69, 9.17) is 5.11 Å². The predicted octanol–water partition coefficient (Wildman–Crippen LogP) is 6.67. The van der Waals surface area contributed by atoms with Crippen LogP contribution < -0.4 is 0 Å². The largest absolute Gasteiger partial charge is 0.396 e. The average Bonchev–Trinajstić information content (AvgIpc) is 2.62. The third kappa shape index (κ3) is 19.0. The number of hydrogen-bond donors (Lipinski definition) is 2. The van der Waals surface area contributed by atoms with E-state index in [1.165, 1.54) is 51.4 Å². The normalized spacial score (nSPS) is 13.1. The summed E-state index contributed by atoms with van der Waals surface area (Å²) in [6.45, 7) is 2.51. The molecule has 27 heavy (non-hydrogen) atoms. The predicted molar refractivity (Wildman–Crippen MR) is 116 cm³/mol. The first-order valence-corrected chi connectivity index (χ1v) is 13.1. The van der Waals surface area contributed by atoms with E-state index in [-0.39, 0.29) is 6.61 Å². The Balaban J connectivity index is 3.66. The Hall–Kier alpha value is -0.130. The second kappa shape index (κ2) is 19.2. The quantitative estimate of drug-likeness (QED) is 0.165. The van der Waals surface area contributed by atoms with Crippen molar-refractivity contribution in [3.63, 3.8) is 0 Å². The molecule has 0 rings (SSSR count). The van der Waals surface area contributed by atoms with Crippen LogP contribution in [-0.2, 0) is 10.1 Å². The third-order valence-electron chi connectivity index (χ3n) is 5.49. The second-order valence-electron chi connectivity index (χ2n) is 8.09. The zero-order valence-electron chi connectivity index (χ0n) is 17.8. The van der Waals surface area contributed by atoms with Crippen molar-refractivity contribution < 1.29 is 18.1 Å². The summed E-state index contributed by atoms with van der Waals surface area (Å²) >= 11 is 0. The summed E-state index contributed by atoms with van der Waals surface area (Å²) in [6.07, 6.45) is 20.8. The minimum absolute atomic E-state index is 0.273. The van der Waals surface area contributed by atoms with Crippen molar-refractivity contribution in [1.82, 2.24) is 0 Å². The lowest BCUT2D eigenvalue weighted by molar-refractivity contribution is 0.282. The van der Waals surface area contributed by atoms with Crippen LogP contribution in [0.2, 0.25) is 0 Å². The first-order chi connectivity index (χ1) is 13.0. The van der Waals surface area contributed by atoms with Gasteiger partial charge in [-0.2, -0.15) is 8.42 Å². The van der Waals surface area contributed by atoms with Crippen LogP contribution in [0.1, 0.15) is 129 Å². The van der Waals surface area contributed by atoms with Crippen LogP contribution in [0.3, 0.4) is 0 Å².